The Morgan fingerprint density at radius 3 is 2.86 bits per heavy atom. The van der Waals surface area contributed by atoms with Gasteiger partial charge >= 0.3 is 0 Å². The lowest BCUT2D eigenvalue weighted by Crippen LogP contribution is -2.51. The number of nitrogens with two attached hydrogens (primary N) is 1. The quantitative estimate of drug-likeness (QED) is 0.682. The number of hydrogen-bond acceptors (Lipinski definition) is 4. The van der Waals surface area contributed by atoms with Crippen molar-refractivity contribution in [3.63, 3.8) is 0 Å². The molecule has 1 heterocycles. The maximum Gasteiger partial charge on any atom is 0.285 e. The molecule has 21 heavy (non-hydrogen) atoms. The van der Waals surface area contributed by atoms with Gasteiger partial charge < -0.3 is 10.6 Å². The van der Waals surface area contributed by atoms with Gasteiger partial charge in [-0.3, -0.25) is 14.9 Å². The number of nitrogens with zero attached hydrogens (tertiary/aromatic N) is 2. The lowest BCUT2D eigenvalue weighted by atomic mass is 9.90. The van der Waals surface area contributed by atoms with Gasteiger partial charge in [-0.15, -0.1) is 0 Å². The van der Waals surface area contributed by atoms with Gasteiger partial charge in [0.1, 0.15) is 5.56 Å². The van der Waals surface area contributed by atoms with Gasteiger partial charge in [0.2, 0.25) is 0 Å². The molecule has 2 atom stereocenters. The van der Waals surface area contributed by atoms with Crippen molar-refractivity contribution in [3.8, 4) is 0 Å². The molecule has 0 aromatic heterocycles. The highest BCUT2D eigenvalue weighted by Gasteiger charge is 2.34. The molecule has 0 radical (unpaired) electrons. The number of para-hydroxylation sites is 1. The molecule has 0 aliphatic carbocycles. The molecule has 6 heteroatoms. The highest BCUT2D eigenvalue weighted by molar-refractivity contribution is 5.99. The zero-order valence-electron chi connectivity index (χ0n) is 12.4. The van der Waals surface area contributed by atoms with Crippen LogP contribution in [0.1, 0.15) is 35.7 Å². The molecule has 1 saturated heterocycles. The van der Waals surface area contributed by atoms with Crippen molar-refractivity contribution in [2.75, 3.05) is 13.1 Å². The summed E-state index contributed by atoms with van der Waals surface area (Å²) in [5, 5.41) is 11.3. The Morgan fingerprint density at radius 1 is 1.52 bits per heavy atom. The zero-order valence-corrected chi connectivity index (χ0v) is 12.4. The molecule has 1 amide bonds. The summed E-state index contributed by atoms with van der Waals surface area (Å²) >= 11 is 0. The Labute approximate surface area is 124 Å². The van der Waals surface area contributed by atoms with Crippen molar-refractivity contribution >= 4 is 11.6 Å². The summed E-state index contributed by atoms with van der Waals surface area (Å²) in [5.74, 6) is 0.0314. The molecule has 1 aliphatic heterocycles. The summed E-state index contributed by atoms with van der Waals surface area (Å²) in [6, 6.07) is 4.81. The van der Waals surface area contributed by atoms with E-state index >= 15 is 0 Å². The summed E-state index contributed by atoms with van der Waals surface area (Å²) in [4.78, 5) is 25.2. The van der Waals surface area contributed by atoms with E-state index in [1.165, 1.54) is 6.07 Å². The maximum absolute atomic E-state index is 12.8. The van der Waals surface area contributed by atoms with Crippen molar-refractivity contribution in [1.29, 1.82) is 0 Å². The summed E-state index contributed by atoms with van der Waals surface area (Å²) < 4.78 is 0. The van der Waals surface area contributed by atoms with Crippen molar-refractivity contribution in [2.45, 2.75) is 32.7 Å². The third kappa shape index (κ3) is 2.90. The Hall–Kier alpha value is -1.95. The second-order valence-corrected chi connectivity index (χ2v) is 5.65. The van der Waals surface area contributed by atoms with Crippen LogP contribution in [0.5, 0.6) is 0 Å². The van der Waals surface area contributed by atoms with Crippen LogP contribution >= 0.6 is 0 Å². The fourth-order valence-corrected chi connectivity index (χ4v) is 3.09. The number of benzene rings is 1. The van der Waals surface area contributed by atoms with Gasteiger partial charge in [0.25, 0.3) is 11.6 Å². The monoisotopic (exact) mass is 291 g/mol. The fraction of sp³-hybridized carbons (Fsp3) is 0.533. The highest BCUT2D eigenvalue weighted by atomic mass is 16.6. The Balaban J connectivity index is 2.40. The first-order chi connectivity index (χ1) is 9.97. The first kappa shape index (κ1) is 15.4. The first-order valence-corrected chi connectivity index (χ1v) is 7.22. The summed E-state index contributed by atoms with van der Waals surface area (Å²) in [6.07, 6.45) is 1.94. The van der Waals surface area contributed by atoms with Gasteiger partial charge in [-0.2, -0.15) is 0 Å². The number of carbonyl (C=O) groups excluding carboxylic acids is 1. The molecular formula is C15H21N3O3. The number of piperidine rings is 1. The van der Waals surface area contributed by atoms with Crippen LogP contribution in [0.2, 0.25) is 0 Å². The average Bonchev–Trinajstić information content (AvgIpc) is 2.45. The molecule has 2 rings (SSSR count). The lowest BCUT2D eigenvalue weighted by molar-refractivity contribution is -0.385. The highest BCUT2D eigenvalue weighted by Crippen LogP contribution is 2.29. The van der Waals surface area contributed by atoms with E-state index in [0.717, 1.165) is 12.8 Å². The first-order valence-electron chi connectivity index (χ1n) is 7.22. The fourth-order valence-electron chi connectivity index (χ4n) is 3.09. The Morgan fingerprint density at radius 2 is 2.24 bits per heavy atom. The average molecular weight is 291 g/mol. The van der Waals surface area contributed by atoms with E-state index in [1.807, 2.05) is 0 Å². The summed E-state index contributed by atoms with van der Waals surface area (Å²) in [6.45, 7) is 4.71. The van der Waals surface area contributed by atoms with E-state index in [4.69, 9.17) is 5.73 Å². The van der Waals surface area contributed by atoms with Crippen LogP contribution in [0.3, 0.4) is 0 Å². The topological polar surface area (TPSA) is 89.5 Å². The van der Waals surface area contributed by atoms with Crippen molar-refractivity contribution < 1.29 is 9.72 Å². The van der Waals surface area contributed by atoms with Crippen LogP contribution in [0.15, 0.2) is 18.2 Å². The molecular weight excluding hydrogens is 270 g/mol. The van der Waals surface area contributed by atoms with Gasteiger partial charge in [0.15, 0.2) is 0 Å². The maximum atomic E-state index is 12.8. The molecule has 1 aromatic rings. The summed E-state index contributed by atoms with van der Waals surface area (Å²) in [7, 11) is 0. The number of carbonyl (C=O) groups is 1. The second-order valence-electron chi connectivity index (χ2n) is 5.65. The van der Waals surface area contributed by atoms with E-state index in [0.29, 0.717) is 24.6 Å². The third-order valence-electron chi connectivity index (χ3n) is 4.27. The standard InChI is InChI=1S/C15H21N3O3/c1-10-6-4-8-17(13(10)9-16)15(19)12-7-3-5-11(2)14(12)18(20)21/h3,5,7,10,13H,4,6,8-9,16H2,1-2H3. The predicted molar refractivity (Wildman–Crippen MR) is 80.1 cm³/mol. The number of rotatable bonds is 3. The van der Waals surface area contributed by atoms with Crippen LogP contribution in [-0.2, 0) is 0 Å². The SMILES string of the molecule is Cc1cccc(C(=O)N2CCCC(C)C2CN)c1[N+](=O)[O-]. The predicted octanol–water partition coefficient (Wildman–Crippen LogP) is 2.10. The van der Waals surface area contributed by atoms with Gasteiger partial charge in [-0.25, -0.2) is 0 Å². The van der Waals surface area contributed by atoms with Crippen molar-refractivity contribution in [3.05, 3.63) is 39.4 Å². The van der Waals surface area contributed by atoms with Crippen LogP contribution < -0.4 is 5.73 Å². The van der Waals surface area contributed by atoms with Gasteiger partial charge in [-0.05, 0) is 31.7 Å². The molecule has 0 saturated carbocycles. The van der Waals surface area contributed by atoms with E-state index in [9.17, 15) is 14.9 Å². The minimum Gasteiger partial charge on any atom is -0.334 e. The van der Waals surface area contributed by atoms with Crippen LogP contribution in [0.25, 0.3) is 0 Å². The Kier molecular flexibility index (Phi) is 4.57. The zero-order chi connectivity index (χ0) is 15.6. The molecule has 6 nitrogen and oxygen atoms in total. The van der Waals surface area contributed by atoms with Crippen LogP contribution in [0, 0.1) is 23.0 Å². The molecule has 114 valence electrons. The Bertz CT molecular complexity index is 559. The number of amides is 1. The lowest BCUT2D eigenvalue weighted by Gasteiger charge is -2.39. The molecule has 2 unspecified atom stereocenters. The van der Waals surface area contributed by atoms with E-state index in [-0.39, 0.29) is 23.2 Å². The largest absolute Gasteiger partial charge is 0.334 e. The van der Waals surface area contributed by atoms with Gasteiger partial charge in [0, 0.05) is 24.7 Å². The number of nitro groups is 1. The van der Waals surface area contributed by atoms with Crippen molar-refractivity contribution in [1.82, 2.24) is 4.90 Å². The van der Waals surface area contributed by atoms with Crippen molar-refractivity contribution in [2.24, 2.45) is 11.7 Å². The smallest absolute Gasteiger partial charge is 0.285 e. The third-order valence-corrected chi connectivity index (χ3v) is 4.27. The van der Waals surface area contributed by atoms with E-state index in [2.05, 4.69) is 6.92 Å². The molecule has 1 fully saturated rings. The van der Waals surface area contributed by atoms with E-state index < -0.39 is 4.92 Å². The number of likely N-dealkylation sites (tertiary alicyclic amines) is 1. The molecule has 0 spiro atoms. The normalized spacial score (nSPS) is 22.1. The molecule has 2 N–H and O–H groups in total. The van der Waals surface area contributed by atoms with Gasteiger partial charge in [-0.1, -0.05) is 19.1 Å². The molecule has 1 aromatic carbocycles. The number of hydrogen-bond donors (Lipinski definition) is 1. The number of aryl methyl sites for hydroxylation is 1. The van der Waals surface area contributed by atoms with Gasteiger partial charge in [0.05, 0.1) is 4.92 Å². The number of nitro benzene ring substituents is 1. The minimum absolute atomic E-state index is 0.0497. The van der Waals surface area contributed by atoms with Crippen LogP contribution in [-0.4, -0.2) is 34.9 Å². The molecule has 0 bridgehead atoms. The van der Waals surface area contributed by atoms with E-state index in [1.54, 1.807) is 24.0 Å². The summed E-state index contributed by atoms with van der Waals surface area (Å²) in [5.41, 5.74) is 6.36. The van der Waals surface area contributed by atoms with Crippen LogP contribution in [0.4, 0.5) is 5.69 Å². The second kappa shape index (κ2) is 6.22. The molecule has 1 aliphatic rings. The minimum atomic E-state index is -0.479.